The summed E-state index contributed by atoms with van der Waals surface area (Å²) in [6.45, 7) is 0.280. The van der Waals surface area contributed by atoms with Crippen molar-refractivity contribution in [3.63, 3.8) is 0 Å². The number of hydrogen-bond donors (Lipinski definition) is 1. The number of nitrogens with zero attached hydrogens (tertiary/aromatic N) is 1. The van der Waals surface area contributed by atoms with E-state index in [1.165, 1.54) is 12.1 Å². The van der Waals surface area contributed by atoms with Gasteiger partial charge in [0.1, 0.15) is 5.82 Å². The lowest BCUT2D eigenvalue weighted by molar-refractivity contribution is -0.120. The average molecular weight is 387 g/mol. The van der Waals surface area contributed by atoms with Crippen molar-refractivity contribution in [3.8, 4) is 0 Å². The van der Waals surface area contributed by atoms with Crippen molar-refractivity contribution in [2.75, 3.05) is 4.90 Å². The van der Waals surface area contributed by atoms with Crippen molar-refractivity contribution in [2.45, 2.75) is 24.3 Å². The monoisotopic (exact) mass is 387 g/mol. The molecule has 5 heteroatoms. The summed E-state index contributed by atoms with van der Waals surface area (Å²) in [5.41, 5.74) is 2.51. The molecule has 3 aromatic carbocycles. The molecule has 1 heterocycles. The number of halogens is 1. The third kappa shape index (κ3) is 2.58. The van der Waals surface area contributed by atoms with Gasteiger partial charge in [0.2, 0.25) is 5.91 Å². The van der Waals surface area contributed by atoms with Crippen LogP contribution in [0.3, 0.4) is 0 Å². The Hall–Kier alpha value is -3.47. The van der Waals surface area contributed by atoms with E-state index in [0.29, 0.717) is 12.0 Å². The second-order valence-electron chi connectivity index (χ2n) is 7.66. The second kappa shape index (κ2) is 6.27. The molecule has 2 aliphatic rings. The lowest BCUT2D eigenvalue weighted by Gasteiger charge is -2.19. The first-order valence-corrected chi connectivity index (χ1v) is 9.50. The van der Waals surface area contributed by atoms with Crippen molar-refractivity contribution >= 4 is 17.6 Å². The summed E-state index contributed by atoms with van der Waals surface area (Å²) in [6, 6.07) is 20.9. The Kier molecular flexibility index (Phi) is 3.81. The molecular formula is C24H18FNO3. The van der Waals surface area contributed by atoms with Crippen LogP contribution in [0, 0.1) is 5.82 Å². The zero-order valence-corrected chi connectivity index (χ0v) is 15.5. The number of carboxylic acid groups (broad SMARTS) is 1. The SMILES string of the molecule is O=C(O)c1cccc(CN2C(=O)C3(CC3c3ccccc3F)c3ccccc32)c1. The number of para-hydroxylation sites is 1. The van der Waals surface area contributed by atoms with Gasteiger partial charge >= 0.3 is 5.97 Å². The standard InChI is InChI=1S/C24H18FNO3/c25-20-10-3-1-8-17(20)19-13-24(19)18-9-2-4-11-21(18)26(23(24)29)14-15-6-5-7-16(12-15)22(27)28/h1-12,19H,13-14H2,(H,27,28). The molecule has 0 radical (unpaired) electrons. The highest BCUT2D eigenvalue weighted by atomic mass is 19.1. The molecule has 1 fully saturated rings. The van der Waals surface area contributed by atoms with Gasteiger partial charge in [-0.3, -0.25) is 4.79 Å². The van der Waals surface area contributed by atoms with Gasteiger partial charge in [0, 0.05) is 11.6 Å². The zero-order valence-electron chi connectivity index (χ0n) is 15.5. The van der Waals surface area contributed by atoms with Gasteiger partial charge in [0.25, 0.3) is 0 Å². The Morgan fingerprint density at radius 1 is 1.07 bits per heavy atom. The Balaban J connectivity index is 1.53. The molecule has 5 rings (SSSR count). The van der Waals surface area contributed by atoms with Crippen molar-refractivity contribution in [2.24, 2.45) is 0 Å². The minimum atomic E-state index is -1.00. The van der Waals surface area contributed by atoms with Crippen molar-refractivity contribution in [3.05, 3.63) is 101 Å². The molecule has 2 atom stereocenters. The lowest BCUT2D eigenvalue weighted by Crippen LogP contribution is -2.32. The smallest absolute Gasteiger partial charge is 0.335 e. The fourth-order valence-corrected chi connectivity index (χ4v) is 4.62. The van der Waals surface area contributed by atoms with E-state index in [0.717, 1.165) is 16.8 Å². The molecule has 1 N–H and O–H groups in total. The number of carbonyl (C=O) groups excluding carboxylic acids is 1. The van der Waals surface area contributed by atoms with E-state index < -0.39 is 11.4 Å². The molecule has 1 amide bonds. The van der Waals surface area contributed by atoms with E-state index in [1.54, 1.807) is 35.2 Å². The summed E-state index contributed by atoms with van der Waals surface area (Å²) in [4.78, 5) is 26.5. The summed E-state index contributed by atoms with van der Waals surface area (Å²) >= 11 is 0. The predicted octanol–water partition coefficient (Wildman–Crippen LogP) is 4.50. The van der Waals surface area contributed by atoms with Crippen molar-refractivity contribution in [1.82, 2.24) is 0 Å². The molecule has 1 spiro atoms. The van der Waals surface area contributed by atoms with Crippen molar-refractivity contribution < 1.29 is 19.1 Å². The minimum absolute atomic E-state index is 0.0484. The number of rotatable bonds is 4. The molecule has 144 valence electrons. The molecular weight excluding hydrogens is 369 g/mol. The van der Waals surface area contributed by atoms with E-state index >= 15 is 0 Å². The van der Waals surface area contributed by atoms with E-state index in [2.05, 4.69) is 0 Å². The number of benzene rings is 3. The number of aromatic carboxylic acids is 1. The lowest BCUT2D eigenvalue weighted by atomic mass is 9.92. The van der Waals surface area contributed by atoms with E-state index in [4.69, 9.17) is 0 Å². The third-order valence-corrected chi connectivity index (χ3v) is 6.06. The molecule has 29 heavy (non-hydrogen) atoms. The van der Waals surface area contributed by atoms with E-state index in [-0.39, 0.29) is 29.8 Å². The molecule has 1 aliphatic heterocycles. The first kappa shape index (κ1) is 17.6. The van der Waals surface area contributed by atoms with Crippen LogP contribution in [-0.4, -0.2) is 17.0 Å². The Morgan fingerprint density at radius 3 is 2.62 bits per heavy atom. The quantitative estimate of drug-likeness (QED) is 0.717. The first-order valence-electron chi connectivity index (χ1n) is 9.50. The second-order valence-corrected chi connectivity index (χ2v) is 7.66. The van der Waals surface area contributed by atoms with Crippen LogP contribution in [0.25, 0.3) is 0 Å². The van der Waals surface area contributed by atoms with Crippen LogP contribution in [0.5, 0.6) is 0 Å². The highest BCUT2D eigenvalue weighted by Crippen LogP contribution is 2.66. The van der Waals surface area contributed by atoms with Gasteiger partial charge < -0.3 is 10.0 Å². The molecule has 2 unspecified atom stereocenters. The van der Waals surface area contributed by atoms with Crippen LogP contribution in [0.2, 0.25) is 0 Å². The number of hydrogen-bond acceptors (Lipinski definition) is 2. The summed E-state index contributed by atoms with van der Waals surface area (Å²) < 4.78 is 14.4. The Bertz CT molecular complexity index is 1160. The normalized spacial score (nSPS) is 22.0. The number of carboxylic acids is 1. The zero-order chi connectivity index (χ0) is 20.2. The molecule has 0 aromatic heterocycles. The number of carbonyl (C=O) groups is 2. The maximum Gasteiger partial charge on any atom is 0.335 e. The van der Waals surface area contributed by atoms with Crippen LogP contribution in [-0.2, 0) is 16.8 Å². The van der Waals surface area contributed by atoms with Crippen molar-refractivity contribution in [1.29, 1.82) is 0 Å². The maximum atomic E-state index is 14.4. The number of amides is 1. The number of anilines is 1. The van der Waals surface area contributed by atoms with Crippen LogP contribution >= 0.6 is 0 Å². The Morgan fingerprint density at radius 2 is 1.83 bits per heavy atom. The summed E-state index contributed by atoms with van der Waals surface area (Å²) in [5.74, 6) is -1.52. The van der Waals surface area contributed by atoms with Crippen LogP contribution in [0.15, 0.2) is 72.8 Å². The topological polar surface area (TPSA) is 57.6 Å². The van der Waals surface area contributed by atoms with Gasteiger partial charge in [-0.05, 0) is 47.4 Å². The predicted molar refractivity (Wildman–Crippen MR) is 106 cm³/mol. The van der Waals surface area contributed by atoms with Gasteiger partial charge in [-0.1, -0.05) is 48.5 Å². The van der Waals surface area contributed by atoms with Gasteiger partial charge in [0.15, 0.2) is 0 Å². The largest absolute Gasteiger partial charge is 0.478 e. The number of fused-ring (bicyclic) bond motifs is 2. The van der Waals surface area contributed by atoms with Gasteiger partial charge in [-0.15, -0.1) is 0 Å². The van der Waals surface area contributed by atoms with Crippen LogP contribution in [0.1, 0.15) is 39.4 Å². The molecule has 1 saturated carbocycles. The highest BCUT2D eigenvalue weighted by molar-refractivity contribution is 6.11. The van der Waals surface area contributed by atoms with Gasteiger partial charge in [0.05, 0.1) is 17.5 Å². The average Bonchev–Trinajstić information content (AvgIpc) is 3.43. The minimum Gasteiger partial charge on any atom is -0.478 e. The fourth-order valence-electron chi connectivity index (χ4n) is 4.62. The molecule has 0 saturated heterocycles. The van der Waals surface area contributed by atoms with E-state index in [1.807, 2.05) is 30.3 Å². The highest BCUT2D eigenvalue weighted by Gasteiger charge is 2.67. The van der Waals surface area contributed by atoms with Gasteiger partial charge in [-0.25, -0.2) is 9.18 Å². The molecule has 4 nitrogen and oxygen atoms in total. The summed E-state index contributed by atoms with van der Waals surface area (Å²) in [5, 5.41) is 9.24. The molecule has 1 aliphatic carbocycles. The fraction of sp³-hybridized carbons (Fsp3) is 0.167. The molecule has 0 bridgehead atoms. The van der Waals surface area contributed by atoms with Crippen LogP contribution < -0.4 is 4.90 Å². The Labute approximate surface area is 167 Å². The summed E-state index contributed by atoms with van der Waals surface area (Å²) in [7, 11) is 0. The van der Waals surface area contributed by atoms with Crippen LogP contribution in [0.4, 0.5) is 10.1 Å². The third-order valence-electron chi connectivity index (χ3n) is 6.06. The summed E-state index contributed by atoms with van der Waals surface area (Å²) in [6.07, 6.45) is 0.579. The molecule has 3 aromatic rings. The van der Waals surface area contributed by atoms with E-state index in [9.17, 15) is 19.1 Å². The maximum absolute atomic E-state index is 14.4. The first-order chi connectivity index (χ1) is 14.0. The van der Waals surface area contributed by atoms with Gasteiger partial charge in [-0.2, -0.15) is 0 Å².